The minimum absolute atomic E-state index is 0.109. The number of furan rings is 1. The highest BCUT2D eigenvalue weighted by Gasteiger charge is 2.56. The van der Waals surface area contributed by atoms with E-state index in [1.165, 1.54) is 19.3 Å². The molecule has 0 saturated carbocycles. The molecule has 1 N–H and O–H groups in total. The van der Waals surface area contributed by atoms with Gasteiger partial charge in [-0.25, -0.2) is 9.59 Å². The number of carbonyl (C=O) groups is 4. The molecule has 1 aromatic heterocycles. The lowest BCUT2D eigenvalue weighted by atomic mass is 9.89. The van der Waals surface area contributed by atoms with Crippen molar-refractivity contribution >= 4 is 34.8 Å². The first-order chi connectivity index (χ1) is 19.1. The van der Waals surface area contributed by atoms with E-state index < -0.39 is 46.8 Å². The molecule has 0 spiro atoms. The van der Waals surface area contributed by atoms with Crippen LogP contribution in [0.2, 0.25) is 0 Å². The van der Waals surface area contributed by atoms with Gasteiger partial charge in [0.15, 0.2) is 11.5 Å². The number of aromatic carboxylic acids is 1. The molecule has 40 heavy (non-hydrogen) atoms. The van der Waals surface area contributed by atoms with Crippen molar-refractivity contribution in [2.75, 3.05) is 12.9 Å². The third kappa shape index (κ3) is 6.94. The number of rotatable bonds is 4. The summed E-state index contributed by atoms with van der Waals surface area (Å²) in [5, 5.41) is 8.66. The van der Waals surface area contributed by atoms with Gasteiger partial charge < -0.3 is 23.7 Å². The Morgan fingerprint density at radius 1 is 1.15 bits per heavy atom. The SMILES string of the molecule is CO[C@]1([C@@H]2CSC(=O)N2C(=O)c2ccc(C(=O)O)o2)C[C@H]2C[C@@H](CC[C@H](C)/C=C\C=C\CC/C(C)=C\C(=O)O2)O1. The maximum absolute atomic E-state index is 13.4. The first-order valence-electron chi connectivity index (χ1n) is 13.4. The van der Waals surface area contributed by atoms with Gasteiger partial charge in [0.1, 0.15) is 12.1 Å². The zero-order valence-electron chi connectivity index (χ0n) is 22.9. The molecule has 0 radical (unpaired) electrons. The lowest BCUT2D eigenvalue weighted by Gasteiger charge is -2.47. The number of carboxylic acids is 1. The van der Waals surface area contributed by atoms with Gasteiger partial charge in [-0.2, -0.15) is 0 Å². The number of imide groups is 1. The fourth-order valence-corrected chi connectivity index (χ4v) is 6.29. The van der Waals surface area contributed by atoms with Gasteiger partial charge >= 0.3 is 11.9 Å². The molecule has 2 saturated heterocycles. The molecule has 10 nitrogen and oxygen atoms in total. The van der Waals surface area contributed by atoms with Crippen molar-refractivity contribution in [1.29, 1.82) is 0 Å². The zero-order valence-corrected chi connectivity index (χ0v) is 23.7. The lowest BCUT2D eigenvalue weighted by Crippen LogP contribution is -2.61. The highest BCUT2D eigenvalue weighted by atomic mass is 32.2. The summed E-state index contributed by atoms with van der Waals surface area (Å²) in [6, 6.07) is 1.52. The number of thioether (sulfide) groups is 1. The molecule has 3 aliphatic rings. The number of esters is 1. The van der Waals surface area contributed by atoms with Crippen molar-refractivity contribution < 1.29 is 42.9 Å². The highest BCUT2D eigenvalue weighted by Crippen LogP contribution is 2.43. The number of carbonyl (C=O) groups excluding carboxylic acids is 3. The summed E-state index contributed by atoms with van der Waals surface area (Å²) in [7, 11) is 1.44. The molecule has 0 aliphatic carbocycles. The number of allylic oxidation sites excluding steroid dienone is 5. The van der Waals surface area contributed by atoms with E-state index in [9.17, 15) is 24.3 Å². The van der Waals surface area contributed by atoms with E-state index >= 15 is 0 Å². The molecule has 2 fully saturated rings. The van der Waals surface area contributed by atoms with Crippen LogP contribution in [0.3, 0.4) is 0 Å². The van der Waals surface area contributed by atoms with E-state index in [0.29, 0.717) is 12.8 Å². The normalized spacial score (nSPS) is 33.1. The molecular formula is C29H35NO9S. The van der Waals surface area contributed by atoms with Crippen LogP contribution >= 0.6 is 11.8 Å². The summed E-state index contributed by atoms with van der Waals surface area (Å²) in [5.41, 5.74) is 0.898. The molecule has 216 valence electrons. The predicted octanol–water partition coefficient (Wildman–Crippen LogP) is 5.36. The van der Waals surface area contributed by atoms with E-state index in [1.807, 2.05) is 19.1 Å². The summed E-state index contributed by atoms with van der Waals surface area (Å²) < 4.78 is 23.6. The van der Waals surface area contributed by atoms with Crippen molar-refractivity contribution in [2.24, 2.45) is 5.92 Å². The Morgan fingerprint density at radius 3 is 2.65 bits per heavy atom. The summed E-state index contributed by atoms with van der Waals surface area (Å²) >= 11 is 0.934. The molecule has 1 aromatic rings. The van der Waals surface area contributed by atoms with Crippen LogP contribution in [0.4, 0.5) is 4.79 Å². The van der Waals surface area contributed by atoms with Gasteiger partial charge in [-0.15, -0.1) is 0 Å². The molecule has 5 atom stereocenters. The summed E-state index contributed by atoms with van der Waals surface area (Å²) in [4.78, 5) is 51.5. The third-order valence-corrected chi connectivity index (χ3v) is 8.29. The number of nitrogens with zero attached hydrogens (tertiary/aromatic N) is 1. The number of hydrogen-bond donors (Lipinski definition) is 1. The predicted molar refractivity (Wildman–Crippen MR) is 147 cm³/mol. The number of amides is 2. The Balaban J connectivity index is 1.64. The third-order valence-electron chi connectivity index (χ3n) is 7.36. The van der Waals surface area contributed by atoms with Gasteiger partial charge in [0.25, 0.3) is 11.1 Å². The quantitative estimate of drug-likeness (QED) is 0.470. The lowest BCUT2D eigenvalue weighted by molar-refractivity contribution is -0.303. The monoisotopic (exact) mass is 573 g/mol. The van der Waals surface area contributed by atoms with E-state index in [-0.39, 0.29) is 30.0 Å². The van der Waals surface area contributed by atoms with Gasteiger partial charge in [0.05, 0.1) is 6.10 Å². The number of methoxy groups -OCH3 is 1. The van der Waals surface area contributed by atoms with E-state index in [0.717, 1.165) is 47.6 Å². The van der Waals surface area contributed by atoms with Crippen LogP contribution in [0.1, 0.15) is 73.5 Å². The van der Waals surface area contributed by atoms with Crippen LogP contribution in [0.15, 0.2) is 52.5 Å². The second-order valence-electron chi connectivity index (χ2n) is 10.4. The first-order valence-corrected chi connectivity index (χ1v) is 14.4. The highest BCUT2D eigenvalue weighted by molar-refractivity contribution is 8.14. The average Bonchev–Trinajstić information content (AvgIpc) is 3.56. The Labute approximate surface area is 237 Å². The van der Waals surface area contributed by atoms with Crippen LogP contribution < -0.4 is 0 Å². The molecule has 2 amide bonds. The Kier molecular flexibility index (Phi) is 9.70. The van der Waals surface area contributed by atoms with E-state index in [2.05, 4.69) is 19.1 Å². The molecule has 4 heterocycles. The standard InChI is InChI=1S/C29H35NO9S/c1-18-8-6-4-5-7-9-19(2)14-25(31)37-21-15-20(11-10-18)39-29(16-21,36-3)24-17-40-28(35)30(24)26(32)22-12-13-23(38-22)27(33)34/h4-6,8,12-14,18,20-21,24H,7,9-11,15-17H2,1-3H3,(H,33,34)/b5-4+,8-6-,19-14-/t18-,20-,21-,24+,29-/m1/s1. The van der Waals surface area contributed by atoms with Crippen LogP contribution in [-0.4, -0.2) is 70.0 Å². The maximum atomic E-state index is 13.4. The summed E-state index contributed by atoms with van der Waals surface area (Å²) in [6.07, 6.45) is 12.3. The summed E-state index contributed by atoms with van der Waals surface area (Å²) in [6.45, 7) is 4.00. The molecule has 2 bridgehead atoms. The van der Waals surface area contributed by atoms with Crippen LogP contribution in [0, 0.1) is 5.92 Å². The fraction of sp³-hybridized carbons (Fsp3) is 0.517. The average molecular weight is 574 g/mol. The van der Waals surface area contributed by atoms with E-state index in [1.54, 1.807) is 0 Å². The maximum Gasteiger partial charge on any atom is 0.371 e. The second-order valence-corrected chi connectivity index (χ2v) is 11.4. The molecule has 3 aliphatic heterocycles. The first kappa shape index (κ1) is 29.8. The molecule has 0 unspecified atom stereocenters. The minimum Gasteiger partial charge on any atom is -0.475 e. The molecule has 4 rings (SSSR count). The van der Waals surface area contributed by atoms with Crippen molar-refractivity contribution in [3.8, 4) is 0 Å². The van der Waals surface area contributed by atoms with Gasteiger partial charge in [0.2, 0.25) is 5.76 Å². The van der Waals surface area contributed by atoms with Crippen LogP contribution in [0.5, 0.6) is 0 Å². The molecule has 11 heteroatoms. The van der Waals surface area contributed by atoms with Gasteiger partial charge in [-0.3, -0.25) is 14.5 Å². The van der Waals surface area contributed by atoms with Crippen molar-refractivity contribution in [3.63, 3.8) is 0 Å². The van der Waals surface area contributed by atoms with Gasteiger partial charge in [0, 0.05) is 31.8 Å². The number of ether oxygens (including phenoxy) is 3. The molecule has 0 aromatic carbocycles. The van der Waals surface area contributed by atoms with Gasteiger partial charge in [-0.05, 0) is 50.7 Å². The zero-order chi connectivity index (χ0) is 28.9. The number of carboxylic acid groups (broad SMARTS) is 1. The smallest absolute Gasteiger partial charge is 0.371 e. The topological polar surface area (TPSA) is 133 Å². The van der Waals surface area contributed by atoms with Crippen LogP contribution in [0.25, 0.3) is 0 Å². The Bertz CT molecular complexity index is 1220. The van der Waals surface area contributed by atoms with Crippen molar-refractivity contribution in [3.05, 3.63) is 59.6 Å². The number of fused-ring (bicyclic) bond motifs is 2. The van der Waals surface area contributed by atoms with Crippen molar-refractivity contribution in [1.82, 2.24) is 4.90 Å². The van der Waals surface area contributed by atoms with E-state index in [4.69, 9.17) is 18.6 Å². The Hall–Kier alpha value is -3.15. The number of hydrogen-bond acceptors (Lipinski definition) is 9. The van der Waals surface area contributed by atoms with Crippen LogP contribution in [-0.2, 0) is 19.0 Å². The second kappa shape index (κ2) is 13.0. The van der Waals surface area contributed by atoms with Gasteiger partial charge in [-0.1, -0.05) is 48.6 Å². The largest absolute Gasteiger partial charge is 0.475 e. The van der Waals surface area contributed by atoms with Crippen molar-refractivity contribution in [2.45, 2.75) is 76.4 Å². The fourth-order valence-electron chi connectivity index (χ4n) is 5.23. The minimum atomic E-state index is -1.45. The Morgan fingerprint density at radius 2 is 1.93 bits per heavy atom. The molecular weight excluding hydrogens is 538 g/mol. The summed E-state index contributed by atoms with van der Waals surface area (Å²) in [5.74, 6) is -4.27.